The van der Waals surface area contributed by atoms with E-state index in [-0.39, 0.29) is 18.9 Å². The summed E-state index contributed by atoms with van der Waals surface area (Å²) in [5.41, 5.74) is 0.162. The number of aliphatic hydroxyl groups excluding tert-OH is 3. The fraction of sp³-hybridized carbons (Fsp3) is 0.826. The normalized spacial score (nSPS) is 19.7. The van der Waals surface area contributed by atoms with Crippen molar-refractivity contribution in [3.63, 3.8) is 0 Å². The standard InChI is InChI=1S/C46H82N2O7S/c1-4-6-8-10-12-14-16-18-20-22-24-26-28-37(29-27-25-23-21-19-17-15-13-11-9-7-5-2)35-48-45(54)38-32-39(47-31-30-41(49)50)34-40(33-38)56-46-44(53)43(52)42(51)36(3)55-46/h32-34,36-37,42-44,46-47,51-53H,4-31,35H2,1-3H3,(H,48,54)(H,49,50)/t36-,42+,43+,44-,46-/m0/s1. The summed E-state index contributed by atoms with van der Waals surface area (Å²) in [7, 11) is 0. The molecule has 0 bridgehead atoms. The third-order valence-corrected chi connectivity index (χ3v) is 12.5. The molecule has 1 aliphatic heterocycles. The molecule has 0 saturated carbocycles. The van der Waals surface area contributed by atoms with Crippen LogP contribution in [0, 0.1) is 5.92 Å². The van der Waals surface area contributed by atoms with Crippen molar-refractivity contribution in [2.75, 3.05) is 18.4 Å². The summed E-state index contributed by atoms with van der Waals surface area (Å²) < 4.78 is 5.81. The average Bonchev–Trinajstić information content (AvgIpc) is 3.18. The zero-order valence-corrected chi connectivity index (χ0v) is 36.4. The van der Waals surface area contributed by atoms with Crippen molar-refractivity contribution in [3.05, 3.63) is 23.8 Å². The number of aliphatic carboxylic acids is 1. The van der Waals surface area contributed by atoms with Crippen molar-refractivity contribution in [3.8, 4) is 0 Å². The monoisotopic (exact) mass is 807 g/mol. The Hall–Kier alpha value is -1.85. The van der Waals surface area contributed by atoms with E-state index in [1.165, 1.54) is 154 Å². The summed E-state index contributed by atoms with van der Waals surface area (Å²) in [5, 5.41) is 46.6. The number of carboxylic acids is 1. The molecule has 1 aromatic rings. The van der Waals surface area contributed by atoms with Gasteiger partial charge in [-0.3, -0.25) is 9.59 Å². The summed E-state index contributed by atoms with van der Waals surface area (Å²) in [6, 6.07) is 5.25. The number of unbranched alkanes of at least 4 members (excludes halogenated alkanes) is 22. The maximum Gasteiger partial charge on any atom is 0.305 e. The Morgan fingerprint density at radius 3 is 1.59 bits per heavy atom. The van der Waals surface area contributed by atoms with Gasteiger partial charge in [-0.15, -0.1) is 0 Å². The molecule has 0 radical (unpaired) electrons. The van der Waals surface area contributed by atoms with Gasteiger partial charge >= 0.3 is 5.97 Å². The number of hydrogen-bond acceptors (Lipinski definition) is 8. The topological polar surface area (TPSA) is 148 Å². The minimum atomic E-state index is -1.36. The van der Waals surface area contributed by atoms with E-state index in [1.807, 2.05) is 0 Å². The molecule has 9 nitrogen and oxygen atoms in total. The highest BCUT2D eigenvalue weighted by Gasteiger charge is 2.42. The van der Waals surface area contributed by atoms with Crippen LogP contribution in [0.1, 0.15) is 204 Å². The molecule has 6 N–H and O–H groups in total. The number of anilines is 1. The van der Waals surface area contributed by atoms with Gasteiger partial charge in [0.15, 0.2) is 0 Å². The fourth-order valence-corrected chi connectivity index (χ4v) is 8.88. The Labute approximate surface area is 345 Å². The Balaban J connectivity index is 1.94. The summed E-state index contributed by atoms with van der Waals surface area (Å²) in [6.07, 6.45) is 29.4. The Morgan fingerprint density at radius 1 is 0.661 bits per heavy atom. The van der Waals surface area contributed by atoms with E-state index in [1.54, 1.807) is 25.1 Å². The second-order valence-corrected chi connectivity index (χ2v) is 17.7. The molecule has 1 amide bonds. The molecule has 1 heterocycles. The molecule has 1 saturated heterocycles. The van der Waals surface area contributed by atoms with Crippen LogP contribution in [0.15, 0.2) is 23.1 Å². The summed E-state index contributed by atoms with van der Waals surface area (Å²) in [5.74, 6) is -0.707. The van der Waals surface area contributed by atoms with Crippen molar-refractivity contribution in [2.24, 2.45) is 5.92 Å². The van der Waals surface area contributed by atoms with Gasteiger partial charge in [0.25, 0.3) is 5.91 Å². The maximum atomic E-state index is 13.7. The molecule has 1 aromatic carbocycles. The molecular formula is C46H82N2O7S. The van der Waals surface area contributed by atoms with Gasteiger partial charge in [0, 0.05) is 29.2 Å². The average molecular weight is 807 g/mol. The van der Waals surface area contributed by atoms with Crippen molar-refractivity contribution in [1.29, 1.82) is 0 Å². The van der Waals surface area contributed by atoms with Crippen LogP contribution >= 0.6 is 11.8 Å². The van der Waals surface area contributed by atoms with Crippen molar-refractivity contribution >= 4 is 29.3 Å². The van der Waals surface area contributed by atoms with E-state index in [9.17, 15) is 24.9 Å². The lowest BCUT2D eigenvalue weighted by molar-refractivity contribution is -0.192. The number of carbonyl (C=O) groups excluding carboxylic acids is 1. The number of carbonyl (C=O) groups is 2. The minimum absolute atomic E-state index is 0.0785. The zero-order chi connectivity index (χ0) is 40.8. The van der Waals surface area contributed by atoms with Crippen molar-refractivity contribution in [2.45, 2.75) is 229 Å². The fourth-order valence-electron chi connectivity index (χ4n) is 7.69. The van der Waals surface area contributed by atoms with Crippen LogP contribution in [-0.2, 0) is 9.53 Å². The van der Waals surface area contributed by atoms with E-state index in [4.69, 9.17) is 9.84 Å². The first kappa shape index (κ1) is 50.3. The lowest BCUT2D eigenvalue weighted by atomic mass is 9.93. The highest BCUT2D eigenvalue weighted by Crippen LogP contribution is 2.35. The van der Waals surface area contributed by atoms with Gasteiger partial charge in [0.2, 0.25) is 0 Å². The van der Waals surface area contributed by atoms with Gasteiger partial charge in [-0.2, -0.15) is 0 Å². The van der Waals surface area contributed by atoms with Crippen LogP contribution in [-0.4, -0.2) is 75.2 Å². The molecule has 0 aliphatic carbocycles. The zero-order valence-electron chi connectivity index (χ0n) is 35.6. The lowest BCUT2D eigenvalue weighted by Crippen LogP contribution is -2.55. The molecule has 2 rings (SSSR count). The number of benzene rings is 1. The Bertz CT molecular complexity index is 1130. The molecule has 324 valence electrons. The summed E-state index contributed by atoms with van der Waals surface area (Å²) >= 11 is 1.16. The van der Waals surface area contributed by atoms with Crippen LogP contribution < -0.4 is 10.6 Å². The number of aliphatic hydroxyl groups is 3. The largest absolute Gasteiger partial charge is 0.481 e. The maximum absolute atomic E-state index is 13.7. The van der Waals surface area contributed by atoms with E-state index < -0.39 is 35.8 Å². The van der Waals surface area contributed by atoms with Crippen LogP contribution in [0.4, 0.5) is 5.69 Å². The van der Waals surface area contributed by atoms with E-state index in [0.717, 1.165) is 24.6 Å². The minimum Gasteiger partial charge on any atom is -0.481 e. The summed E-state index contributed by atoms with van der Waals surface area (Å²) in [4.78, 5) is 25.5. The predicted octanol–water partition coefficient (Wildman–Crippen LogP) is 11.0. The Kier molecular flexibility index (Phi) is 28.8. The molecule has 1 aliphatic rings. The third-order valence-electron chi connectivity index (χ3n) is 11.4. The molecule has 0 aromatic heterocycles. The third kappa shape index (κ3) is 22.9. The molecule has 1 fully saturated rings. The van der Waals surface area contributed by atoms with Crippen molar-refractivity contribution in [1.82, 2.24) is 5.32 Å². The molecule has 56 heavy (non-hydrogen) atoms. The molecule has 0 unspecified atom stereocenters. The molecular weight excluding hydrogens is 725 g/mol. The molecule has 0 spiro atoms. The van der Waals surface area contributed by atoms with E-state index in [2.05, 4.69) is 24.5 Å². The SMILES string of the molecule is CCCCCCCCCCCCCCC(CCCCCCCCCCCCCC)CNC(=O)c1cc(NCCC(=O)O)cc(S[C@@H]2O[C@@H](C)[C@@H](O)[C@@H](O)[C@@H]2O)c1. The number of carboxylic acid groups (broad SMARTS) is 1. The number of thioether (sulfide) groups is 1. The van der Waals surface area contributed by atoms with Gasteiger partial charge in [0.1, 0.15) is 23.7 Å². The lowest BCUT2D eigenvalue weighted by Gasteiger charge is -2.39. The van der Waals surface area contributed by atoms with Crippen molar-refractivity contribution < 1.29 is 34.8 Å². The Morgan fingerprint density at radius 2 is 1.12 bits per heavy atom. The number of amides is 1. The highest BCUT2D eigenvalue weighted by molar-refractivity contribution is 7.99. The smallest absolute Gasteiger partial charge is 0.305 e. The van der Waals surface area contributed by atoms with Gasteiger partial charge in [-0.1, -0.05) is 180 Å². The van der Waals surface area contributed by atoms with Gasteiger partial charge < -0.3 is 35.8 Å². The molecule has 10 heteroatoms. The van der Waals surface area contributed by atoms with E-state index >= 15 is 0 Å². The number of hydrogen-bond donors (Lipinski definition) is 6. The van der Waals surface area contributed by atoms with Crippen LogP contribution in [0.25, 0.3) is 0 Å². The van der Waals surface area contributed by atoms with Crippen LogP contribution in [0.2, 0.25) is 0 Å². The van der Waals surface area contributed by atoms with Gasteiger partial charge in [-0.05, 0) is 43.9 Å². The van der Waals surface area contributed by atoms with Crippen LogP contribution in [0.5, 0.6) is 0 Å². The summed E-state index contributed by atoms with van der Waals surface area (Å²) in [6.45, 7) is 6.98. The highest BCUT2D eigenvalue weighted by atomic mass is 32.2. The predicted molar refractivity (Wildman–Crippen MR) is 233 cm³/mol. The van der Waals surface area contributed by atoms with Crippen LogP contribution in [0.3, 0.4) is 0 Å². The number of rotatable bonds is 35. The first-order chi connectivity index (χ1) is 27.2. The quantitative estimate of drug-likeness (QED) is 0.0369. The van der Waals surface area contributed by atoms with Gasteiger partial charge in [0.05, 0.1) is 12.5 Å². The number of ether oxygens (including phenoxy) is 1. The second-order valence-electron chi connectivity index (χ2n) is 16.5. The van der Waals surface area contributed by atoms with Gasteiger partial charge in [-0.25, -0.2) is 0 Å². The first-order valence-electron chi connectivity index (χ1n) is 22.9. The van der Waals surface area contributed by atoms with E-state index in [0.29, 0.717) is 28.6 Å². The molecule has 5 atom stereocenters. The first-order valence-corrected chi connectivity index (χ1v) is 23.8. The second kappa shape index (κ2) is 32.1. The number of nitrogens with one attached hydrogen (secondary N) is 2.